The van der Waals surface area contributed by atoms with E-state index in [1.54, 1.807) is 13.4 Å². The molecule has 0 unspecified atom stereocenters. The molecule has 48 valence electrons. The van der Waals surface area contributed by atoms with Gasteiger partial charge in [0, 0.05) is 6.61 Å². The zero-order valence-electron chi connectivity index (χ0n) is 5.39. The van der Waals surface area contributed by atoms with Crippen LogP contribution in [0.1, 0.15) is 6.92 Å². The Balaban J connectivity index is 2.80. The second-order valence-electron chi connectivity index (χ2n) is 1.27. The minimum absolute atomic E-state index is 0.643. The number of ether oxygens (including phenoxy) is 2. The lowest BCUT2D eigenvalue weighted by Gasteiger charge is -1.91. The van der Waals surface area contributed by atoms with Crippen molar-refractivity contribution in [2.45, 2.75) is 6.92 Å². The molecular weight excluding hydrogens is 104 g/mol. The van der Waals surface area contributed by atoms with Gasteiger partial charge in [0.2, 0.25) is 0 Å². The molecule has 0 amide bonds. The fourth-order valence-corrected chi connectivity index (χ4v) is 0.321. The summed E-state index contributed by atoms with van der Waals surface area (Å²) < 4.78 is 9.60. The minimum Gasteiger partial charge on any atom is -0.505 e. The van der Waals surface area contributed by atoms with E-state index in [1.807, 2.05) is 13.0 Å². The Labute approximate surface area is 50.1 Å². The summed E-state index contributed by atoms with van der Waals surface area (Å²) in [5, 5.41) is 0. The van der Waals surface area contributed by atoms with E-state index in [1.165, 1.54) is 0 Å². The van der Waals surface area contributed by atoms with Gasteiger partial charge in [-0.05, 0) is 13.0 Å². The van der Waals surface area contributed by atoms with Crippen molar-refractivity contribution in [3.63, 3.8) is 0 Å². The van der Waals surface area contributed by atoms with Crippen molar-refractivity contribution in [2.24, 2.45) is 0 Å². The topological polar surface area (TPSA) is 18.5 Å². The fraction of sp³-hybridized carbons (Fsp3) is 0.667. The predicted octanol–water partition coefficient (Wildman–Crippen LogP) is 1.18. The summed E-state index contributed by atoms with van der Waals surface area (Å²) in [7, 11) is 1.61. The summed E-state index contributed by atoms with van der Waals surface area (Å²) in [5.74, 6) is 0. The Kier molecular flexibility index (Phi) is 6.09. The van der Waals surface area contributed by atoms with E-state index in [0.29, 0.717) is 6.61 Å². The zero-order valence-corrected chi connectivity index (χ0v) is 5.39. The molecule has 0 heterocycles. The molecule has 0 aliphatic rings. The van der Waals surface area contributed by atoms with Gasteiger partial charge in [-0.1, -0.05) is 0 Å². The fourth-order valence-electron chi connectivity index (χ4n) is 0.321. The monoisotopic (exact) mass is 116 g/mol. The molecule has 0 aliphatic heterocycles. The Morgan fingerprint density at radius 2 is 2.25 bits per heavy atom. The summed E-state index contributed by atoms with van der Waals surface area (Å²) in [5.41, 5.74) is 0. The van der Waals surface area contributed by atoms with Gasteiger partial charge >= 0.3 is 0 Å². The van der Waals surface area contributed by atoms with E-state index in [-0.39, 0.29) is 0 Å². The van der Waals surface area contributed by atoms with E-state index < -0.39 is 0 Å². The molecule has 0 aliphatic carbocycles. The second-order valence-corrected chi connectivity index (χ2v) is 1.27. The molecular formula is C6H12O2. The first-order chi connectivity index (χ1) is 3.91. The van der Waals surface area contributed by atoms with Crippen LogP contribution < -0.4 is 0 Å². The zero-order chi connectivity index (χ0) is 6.24. The molecule has 0 N–H and O–H groups in total. The molecule has 0 fully saturated rings. The van der Waals surface area contributed by atoms with Crippen LogP contribution in [-0.4, -0.2) is 20.3 Å². The van der Waals surface area contributed by atoms with Gasteiger partial charge in [-0.2, -0.15) is 0 Å². The summed E-state index contributed by atoms with van der Waals surface area (Å²) >= 11 is 0. The van der Waals surface area contributed by atoms with Gasteiger partial charge in [0.1, 0.15) is 0 Å². The summed E-state index contributed by atoms with van der Waals surface area (Å²) in [6, 6.07) is 0. The van der Waals surface area contributed by atoms with Crippen LogP contribution in [0.5, 0.6) is 0 Å². The maximum Gasteiger partial charge on any atom is 0.0807 e. The number of hydrogen-bond acceptors (Lipinski definition) is 2. The number of hydrogen-bond donors (Lipinski definition) is 0. The Bertz CT molecular complexity index is 59.5. The van der Waals surface area contributed by atoms with Crippen molar-refractivity contribution < 1.29 is 9.47 Å². The average molecular weight is 116 g/mol. The van der Waals surface area contributed by atoms with E-state index >= 15 is 0 Å². The normalized spacial score (nSPS) is 10.2. The van der Waals surface area contributed by atoms with E-state index in [2.05, 4.69) is 4.74 Å². The molecule has 0 bridgehead atoms. The lowest BCUT2D eigenvalue weighted by Crippen LogP contribution is -1.87. The van der Waals surface area contributed by atoms with Crippen LogP contribution in [0.15, 0.2) is 12.3 Å². The number of methoxy groups -OCH3 is 1. The summed E-state index contributed by atoms with van der Waals surface area (Å²) in [6.07, 6.45) is 3.43. The van der Waals surface area contributed by atoms with Gasteiger partial charge in [-0.25, -0.2) is 0 Å². The molecule has 2 heteroatoms. The van der Waals surface area contributed by atoms with Crippen LogP contribution in [0.3, 0.4) is 0 Å². The van der Waals surface area contributed by atoms with Crippen molar-refractivity contribution in [3.05, 3.63) is 12.3 Å². The number of rotatable bonds is 4. The third kappa shape index (κ3) is 5.50. The lowest BCUT2D eigenvalue weighted by atomic mass is 10.7. The summed E-state index contributed by atoms with van der Waals surface area (Å²) in [4.78, 5) is 0. The van der Waals surface area contributed by atoms with Crippen LogP contribution in [0.25, 0.3) is 0 Å². The SMILES string of the molecule is CCOC/C=C/OC. The Morgan fingerprint density at radius 3 is 2.75 bits per heavy atom. The molecule has 0 radical (unpaired) electrons. The third-order valence-electron chi connectivity index (χ3n) is 0.651. The second kappa shape index (κ2) is 6.50. The van der Waals surface area contributed by atoms with Gasteiger partial charge in [0.15, 0.2) is 0 Å². The van der Waals surface area contributed by atoms with Crippen molar-refractivity contribution in [3.8, 4) is 0 Å². The van der Waals surface area contributed by atoms with Gasteiger partial charge in [0.05, 0.1) is 20.0 Å². The third-order valence-corrected chi connectivity index (χ3v) is 0.651. The summed E-state index contributed by atoms with van der Waals surface area (Å²) in [6.45, 7) is 3.36. The van der Waals surface area contributed by atoms with Gasteiger partial charge in [-0.3, -0.25) is 0 Å². The van der Waals surface area contributed by atoms with Crippen LogP contribution in [0.2, 0.25) is 0 Å². The molecule has 8 heavy (non-hydrogen) atoms. The highest BCUT2D eigenvalue weighted by Gasteiger charge is 1.72. The van der Waals surface area contributed by atoms with Crippen LogP contribution in [0, 0.1) is 0 Å². The molecule has 0 aromatic heterocycles. The Hall–Kier alpha value is -0.500. The molecule has 0 rings (SSSR count). The van der Waals surface area contributed by atoms with Crippen molar-refractivity contribution in [1.82, 2.24) is 0 Å². The van der Waals surface area contributed by atoms with Crippen LogP contribution in [-0.2, 0) is 9.47 Å². The molecule has 2 nitrogen and oxygen atoms in total. The van der Waals surface area contributed by atoms with Crippen LogP contribution >= 0.6 is 0 Å². The highest BCUT2D eigenvalue weighted by molar-refractivity contribution is 4.71. The largest absolute Gasteiger partial charge is 0.505 e. The van der Waals surface area contributed by atoms with Gasteiger partial charge < -0.3 is 9.47 Å². The highest BCUT2D eigenvalue weighted by atomic mass is 16.5. The lowest BCUT2D eigenvalue weighted by molar-refractivity contribution is 0.175. The average Bonchev–Trinajstić information content (AvgIpc) is 1.81. The molecule has 0 saturated heterocycles. The van der Waals surface area contributed by atoms with Gasteiger partial charge in [0.25, 0.3) is 0 Å². The molecule has 0 saturated carbocycles. The van der Waals surface area contributed by atoms with E-state index in [9.17, 15) is 0 Å². The molecule has 0 aromatic carbocycles. The standard InChI is InChI=1S/C6H12O2/c1-3-8-6-4-5-7-2/h4-5H,3,6H2,1-2H3/b5-4+. The maximum absolute atomic E-state index is 4.97. The smallest absolute Gasteiger partial charge is 0.0807 e. The molecule has 0 spiro atoms. The van der Waals surface area contributed by atoms with Crippen molar-refractivity contribution in [2.75, 3.05) is 20.3 Å². The highest BCUT2D eigenvalue weighted by Crippen LogP contribution is 1.75. The van der Waals surface area contributed by atoms with E-state index in [0.717, 1.165) is 6.61 Å². The quantitative estimate of drug-likeness (QED) is 0.405. The van der Waals surface area contributed by atoms with Crippen LogP contribution in [0.4, 0.5) is 0 Å². The van der Waals surface area contributed by atoms with Crippen molar-refractivity contribution >= 4 is 0 Å². The predicted molar refractivity (Wildman–Crippen MR) is 32.6 cm³/mol. The first kappa shape index (κ1) is 7.50. The first-order valence-corrected chi connectivity index (χ1v) is 2.67. The molecule has 0 atom stereocenters. The van der Waals surface area contributed by atoms with E-state index in [4.69, 9.17) is 4.74 Å². The Morgan fingerprint density at radius 1 is 1.50 bits per heavy atom. The maximum atomic E-state index is 4.97. The molecule has 0 aromatic rings. The van der Waals surface area contributed by atoms with Gasteiger partial charge in [-0.15, -0.1) is 0 Å². The minimum atomic E-state index is 0.643. The first-order valence-electron chi connectivity index (χ1n) is 2.67. The van der Waals surface area contributed by atoms with Crippen molar-refractivity contribution in [1.29, 1.82) is 0 Å².